The molecular formula is C17H23NO5. The molecule has 0 aromatic heterocycles. The van der Waals surface area contributed by atoms with Crippen LogP contribution in [0.1, 0.15) is 32.8 Å². The van der Waals surface area contributed by atoms with Crippen molar-refractivity contribution in [2.45, 2.75) is 51.5 Å². The molecule has 1 saturated heterocycles. The van der Waals surface area contributed by atoms with E-state index in [1.807, 2.05) is 30.3 Å². The van der Waals surface area contributed by atoms with Crippen LogP contribution in [-0.2, 0) is 20.9 Å². The molecule has 6 heteroatoms. The van der Waals surface area contributed by atoms with E-state index >= 15 is 0 Å². The first kappa shape index (κ1) is 17.3. The molecule has 1 aromatic rings. The summed E-state index contributed by atoms with van der Waals surface area (Å²) < 4.78 is 11.0. The van der Waals surface area contributed by atoms with Gasteiger partial charge in [0.15, 0.2) is 0 Å². The number of hydrogen-bond acceptors (Lipinski definition) is 4. The van der Waals surface area contributed by atoms with Gasteiger partial charge in [-0.15, -0.1) is 0 Å². The van der Waals surface area contributed by atoms with Gasteiger partial charge in [0.25, 0.3) is 0 Å². The zero-order valence-corrected chi connectivity index (χ0v) is 13.7. The molecule has 126 valence electrons. The number of ether oxygens (including phenoxy) is 2. The summed E-state index contributed by atoms with van der Waals surface area (Å²) in [5.41, 5.74) is 0.346. The van der Waals surface area contributed by atoms with Crippen molar-refractivity contribution in [1.82, 2.24) is 4.90 Å². The number of carbonyl (C=O) groups excluding carboxylic acids is 1. The second kappa shape index (κ2) is 7.00. The molecule has 1 amide bonds. The third-order valence-corrected chi connectivity index (χ3v) is 3.50. The van der Waals surface area contributed by atoms with E-state index in [1.165, 1.54) is 4.90 Å². The Hall–Kier alpha value is -2.08. The molecule has 2 atom stereocenters. The van der Waals surface area contributed by atoms with Crippen LogP contribution in [0.5, 0.6) is 0 Å². The first-order valence-corrected chi connectivity index (χ1v) is 7.64. The molecule has 1 unspecified atom stereocenters. The predicted octanol–water partition coefficient (Wildman–Crippen LogP) is 2.67. The molecule has 23 heavy (non-hydrogen) atoms. The molecule has 0 aliphatic carbocycles. The van der Waals surface area contributed by atoms with Gasteiger partial charge in [0, 0.05) is 6.42 Å². The highest BCUT2D eigenvalue weighted by molar-refractivity contribution is 5.81. The quantitative estimate of drug-likeness (QED) is 0.922. The fourth-order valence-corrected chi connectivity index (χ4v) is 2.46. The molecule has 0 radical (unpaired) electrons. The number of carboxylic acids is 1. The lowest BCUT2D eigenvalue weighted by Gasteiger charge is -2.26. The first-order chi connectivity index (χ1) is 10.8. The second-order valence-corrected chi connectivity index (χ2v) is 6.64. The van der Waals surface area contributed by atoms with Crippen LogP contribution in [0.25, 0.3) is 0 Å². The number of hydrogen-bond donors (Lipinski definition) is 1. The lowest BCUT2D eigenvalue weighted by Crippen LogP contribution is -2.43. The van der Waals surface area contributed by atoms with Gasteiger partial charge in [0.1, 0.15) is 11.6 Å². The standard InChI is InChI=1S/C17H23NO5/c1-17(2,3)23-16(21)18-10-13(9-14(18)15(19)20)22-11-12-7-5-4-6-8-12/h4-8,13-14H,9-11H2,1-3H3,(H,19,20)/t13?,14-/m0/s1. The number of likely N-dealkylation sites (tertiary alicyclic amines) is 1. The molecule has 1 aliphatic heterocycles. The number of nitrogens with zero attached hydrogens (tertiary/aromatic N) is 1. The Morgan fingerprint density at radius 2 is 1.91 bits per heavy atom. The molecule has 0 bridgehead atoms. The third-order valence-electron chi connectivity index (χ3n) is 3.50. The fourth-order valence-electron chi connectivity index (χ4n) is 2.46. The topological polar surface area (TPSA) is 76.1 Å². The Morgan fingerprint density at radius 1 is 1.26 bits per heavy atom. The Labute approximate surface area is 136 Å². The summed E-state index contributed by atoms with van der Waals surface area (Å²) in [6.07, 6.45) is -0.666. The number of aliphatic carboxylic acids is 1. The zero-order valence-electron chi connectivity index (χ0n) is 13.7. The lowest BCUT2D eigenvalue weighted by molar-refractivity contribution is -0.142. The monoisotopic (exact) mass is 321 g/mol. The molecule has 1 aromatic carbocycles. The zero-order chi connectivity index (χ0) is 17.0. The Morgan fingerprint density at radius 3 is 2.48 bits per heavy atom. The number of benzene rings is 1. The van der Waals surface area contributed by atoms with Gasteiger partial charge in [-0.1, -0.05) is 30.3 Å². The number of amides is 1. The maximum atomic E-state index is 12.2. The third kappa shape index (κ3) is 4.96. The lowest BCUT2D eigenvalue weighted by atomic mass is 10.2. The van der Waals surface area contributed by atoms with Crippen molar-refractivity contribution >= 4 is 12.1 Å². The molecule has 1 aliphatic rings. The van der Waals surface area contributed by atoms with Gasteiger partial charge in [-0.3, -0.25) is 4.90 Å². The van der Waals surface area contributed by atoms with E-state index in [4.69, 9.17) is 9.47 Å². The van der Waals surface area contributed by atoms with Crippen molar-refractivity contribution in [2.24, 2.45) is 0 Å². The molecule has 0 saturated carbocycles. The van der Waals surface area contributed by atoms with E-state index in [2.05, 4.69) is 0 Å². The summed E-state index contributed by atoms with van der Waals surface area (Å²) in [4.78, 5) is 24.8. The summed E-state index contributed by atoms with van der Waals surface area (Å²) in [7, 11) is 0. The predicted molar refractivity (Wildman–Crippen MR) is 84.0 cm³/mol. The molecule has 1 fully saturated rings. The van der Waals surface area contributed by atoms with E-state index in [0.717, 1.165) is 5.56 Å². The van der Waals surface area contributed by atoms with Crippen molar-refractivity contribution in [2.75, 3.05) is 6.54 Å². The number of rotatable bonds is 4. The van der Waals surface area contributed by atoms with Gasteiger partial charge in [0.2, 0.25) is 0 Å². The maximum Gasteiger partial charge on any atom is 0.411 e. The van der Waals surface area contributed by atoms with Crippen LogP contribution < -0.4 is 0 Å². The first-order valence-electron chi connectivity index (χ1n) is 7.64. The minimum atomic E-state index is -1.04. The van der Waals surface area contributed by atoms with Gasteiger partial charge in [0.05, 0.1) is 19.3 Å². The summed E-state index contributed by atoms with van der Waals surface area (Å²) in [5, 5.41) is 9.33. The van der Waals surface area contributed by atoms with Gasteiger partial charge < -0.3 is 14.6 Å². The largest absolute Gasteiger partial charge is 0.480 e. The van der Waals surface area contributed by atoms with Crippen molar-refractivity contribution in [3.63, 3.8) is 0 Å². The normalized spacial score (nSPS) is 21.3. The van der Waals surface area contributed by atoms with E-state index in [1.54, 1.807) is 20.8 Å². The second-order valence-electron chi connectivity index (χ2n) is 6.64. The molecule has 6 nitrogen and oxygen atoms in total. The van der Waals surface area contributed by atoms with Crippen molar-refractivity contribution in [1.29, 1.82) is 0 Å². The van der Waals surface area contributed by atoms with Crippen LogP contribution in [0.3, 0.4) is 0 Å². The Kier molecular flexibility index (Phi) is 5.26. The molecule has 1 heterocycles. The van der Waals surface area contributed by atoms with Gasteiger partial charge in [-0.05, 0) is 26.3 Å². The van der Waals surface area contributed by atoms with Crippen molar-refractivity contribution in [3.05, 3.63) is 35.9 Å². The van der Waals surface area contributed by atoms with Gasteiger partial charge in [-0.2, -0.15) is 0 Å². The molecule has 0 spiro atoms. The van der Waals surface area contributed by atoms with Crippen LogP contribution in [0.2, 0.25) is 0 Å². The molecule has 1 N–H and O–H groups in total. The number of carboxylic acid groups (broad SMARTS) is 1. The van der Waals surface area contributed by atoms with Crippen LogP contribution >= 0.6 is 0 Å². The van der Waals surface area contributed by atoms with Gasteiger partial charge >= 0.3 is 12.1 Å². The van der Waals surface area contributed by atoms with E-state index < -0.39 is 23.7 Å². The van der Waals surface area contributed by atoms with E-state index in [9.17, 15) is 14.7 Å². The van der Waals surface area contributed by atoms with E-state index in [0.29, 0.717) is 6.61 Å². The Bertz CT molecular complexity index is 552. The highest BCUT2D eigenvalue weighted by Crippen LogP contribution is 2.24. The minimum Gasteiger partial charge on any atom is -0.480 e. The van der Waals surface area contributed by atoms with Crippen LogP contribution in [0, 0.1) is 0 Å². The van der Waals surface area contributed by atoms with Crippen LogP contribution in [0.4, 0.5) is 4.79 Å². The summed E-state index contributed by atoms with van der Waals surface area (Å²) in [5.74, 6) is -1.04. The van der Waals surface area contributed by atoms with Crippen LogP contribution in [-0.4, -0.2) is 46.4 Å². The summed E-state index contributed by atoms with van der Waals surface area (Å²) in [6, 6.07) is 8.72. The molecule has 2 rings (SSSR count). The van der Waals surface area contributed by atoms with E-state index in [-0.39, 0.29) is 19.1 Å². The van der Waals surface area contributed by atoms with Crippen molar-refractivity contribution in [3.8, 4) is 0 Å². The highest BCUT2D eigenvalue weighted by atomic mass is 16.6. The van der Waals surface area contributed by atoms with Gasteiger partial charge in [-0.25, -0.2) is 9.59 Å². The smallest absolute Gasteiger partial charge is 0.411 e. The fraction of sp³-hybridized carbons (Fsp3) is 0.529. The Balaban J connectivity index is 1.97. The average molecular weight is 321 g/mol. The van der Waals surface area contributed by atoms with Crippen LogP contribution in [0.15, 0.2) is 30.3 Å². The maximum absolute atomic E-state index is 12.2. The average Bonchev–Trinajstić information content (AvgIpc) is 2.89. The minimum absolute atomic E-state index is 0.221. The number of carbonyl (C=O) groups is 2. The SMILES string of the molecule is CC(C)(C)OC(=O)N1CC(OCc2ccccc2)C[C@H]1C(=O)O. The molecular weight excluding hydrogens is 298 g/mol. The highest BCUT2D eigenvalue weighted by Gasteiger charge is 2.42. The van der Waals surface area contributed by atoms with Crippen molar-refractivity contribution < 1.29 is 24.2 Å². The summed E-state index contributed by atoms with van der Waals surface area (Å²) in [6.45, 7) is 5.86. The summed E-state index contributed by atoms with van der Waals surface area (Å²) >= 11 is 0.